The Kier molecular flexibility index (Phi) is 3.50. The number of allylic oxidation sites excluding steroid dienone is 1. The van der Waals surface area contributed by atoms with Crippen molar-refractivity contribution in [3.05, 3.63) is 75.9 Å². The molecule has 1 aromatic carbocycles. The Bertz CT molecular complexity index is 937. The van der Waals surface area contributed by atoms with Crippen LogP contribution in [0.25, 0.3) is 0 Å². The average Bonchev–Trinajstić information content (AvgIpc) is 3.12. The van der Waals surface area contributed by atoms with E-state index in [9.17, 15) is 14.9 Å². The highest BCUT2D eigenvalue weighted by molar-refractivity contribution is 6.10. The van der Waals surface area contributed by atoms with Gasteiger partial charge in [0.2, 0.25) is 0 Å². The Morgan fingerprint density at radius 1 is 1.36 bits per heavy atom. The van der Waals surface area contributed by atoms with Crippen LogP contribution in [0.4, 0.5) is 11.4 Å². The number of nitro benzene ring substituents is 1. The van der Waals surface area contributed by atoms with Gasteiger partial charge >= 0.3 is 0 Å². The van der Waals surface area contributed by atoms with Gasteiger partial charge in [0.15, 0.2) is 5.78 Å². The molecule has 25 heavy (non-hydrogen) atoms. The molecule has 0 atom stereocenters. The van der Waals surface area contributed by atoms with Crippen molar-refractivity contribution in [3.63, 3.8) is 0 Å². The van der Waals surface area contributed by atoms with Crippen molar-refractivity contribution in [2.45, 2.75) is 0 Å². The van der Waals surface area contributed by atoms with Gasteiger partial charge in [0.1, 0.15) is 11.7 Å². The Morgan fingerprint density at radius 3 is 3.00 bits per heavy atom. The third-order valence-electron chi connectivity index (χ3n) is 4.06. The van der Waals surface area contributed by atoms with Crippen molar-refractivity contribution in [2.75, 3.05) is 18.4 Å². The van der Waals surface area contributed by atoms with E-state index in [0.717, 1.165) is 0 Å². The van der Waals surface area contributed by atoms with E-state index in [-0.39, 0.29) is 11.5 Å². The van der Waals surface area contributed by atoms with Crippen LogP contribution >= 0.6 is 0 Å². The second-order valence-electron chi connectivity index (χ2n) is 5.60. The van der Waals surface area contributed by atoms with Crippen LogP contribution < -0.4 is 5.32 Å². The highest BCUT2D eigenvalue weighted by Gasteiger charge is 2.31. The molecule has 1 N–H and O–H groups in total. The van der Waals surface area contributed by atoms with Crippen molar-refractivity contribution in [1.29, 1.82) is 0 Å². The zero-order valence-corrected chi connectivity index (χ0v) is 13.0. The van der Waals surface area contributed by atoms with Gasteiger partial charge in [-0.1, -0.05) is 0 Å². The van der Waals surface area contributed by atoms with Gasteiger partial charge in [-0.15, -0.1) is 0 Å². The van der Waals surface area contributed by atoms with Crippen LogP contribution in [0.15, 0.2) is 59.6 Å². The number of hydrogen-bond donors (Lipinski definition) is 1. The van der Waals surface area contributed by atoms with Crippen LogP contribution in [-0.4, -0.2) is 39.5 Å². The molecule has 8 heteroatoms. The molecule has 4 rings (SSSR count). The van der Waals surface area contributed by atoms with E-state index in [0.29, 0.717) is 41.6 Å². The number of nitrogens with zero attached hydrogens (tertiary/aromatic N) is 4. The molecule has 2 aliphatic heterocycles. The fourth-order valence-electron chi connectivity index (χ4n) is 2.89. The predicted molar refractivity (Wildman–Crippen MR) is 91.5 cm³/mol. The maximum atomic E-state index is 12.4. The van der Waals surface area contributed by atoms with E-state index < -0.39 is 4.92 Å². The predicted octanol–water partition coefficient (Wildman–Crippen LogP) is 2.20. The molecule has 0 bridgehead atoms. The molecule has 0 spiro atoms. The van der Waals surface area contributed by atoms with Gasteiger partial charge in [-0.2, -0.15) is 0 Å². The lowest BCUT2D eigenvalue weighted by atomic mass is 10.1. The largest absolute Gasteiger partial charge is 0.341 e. The SMILES string of the molecule is O=C(C=C1Nc2ccc([N+](=O)[O-])cc2C2=NCCN12)c1cccnc1. The molecule has 0 fully saturated rings. The Hall–Kier alpha value is -3.55. The Labute approximate surface area is 142 Å². The highest BCUT2D eigenvalue weighted by Crippen LogP contribution is 2.32. The first-order chi connectivity index (χ1) is 12.1. The van der Waals surface area contributed by atoms with E-state index in [1.807, 2.05) is 4.90 Å². The van der Waals surface area contributed by atoms with E-state index in [4.69, 9.17) is 0 Å². The number of carbonyl (C=O) groups excluding carboxylic acids is 1. The van der Waals surface area contributed by atoms with Crippen molar-refractivity contribution >= 4 is 23.0 Å². The first-order valence-electron chi connectivity index (χ1n) is 7.67. The number of aliphatic imine (C=N–C) groups is 1. The maximum absolute atomic E-state index is 12.4. The van der Waals surface area contributed by atoms with Gasteiger partial charge < -0.3 is 10.2 Å². The number of hydrogen-bond acceptors (Lipinski definition) is 7. The summed E-state index contributed by atoms with van der Waals surface area (Å²) in [7, 11) is 0. The van der Waals surface area contributed by atoms with E-state index in [1.54, 1.807) is 24.4 Å². The summed E-state index contributed by atoms with van der Waals surface area (Å²) in [6, 6.07) is 7.97. The summed E-state index contributed by atoms with van der Waals surface area (Å²) in [5, 5.41) is 14.2. The minimum absolute atomic E-state index is 0.00830. The number of nitrogens with one attached hydrogen (secondary N) is 1. The summed E-state index contributed by atoms with van der Waals surface area (Å²) >= 11 is 0. The molecule has 0 radical (unpaired) electrons. The molecule has 3 heterocycles. The molecular formula is C17H13N5O3. The number of benzene rings is 1. The summed E-state index contributed by atoms with van der Waals surface area (Å²) in [4.78, 5) is 33.3. The Balaban J connectivity index is 1.73. The number of anilines is 1. The number of nitro groups is 1. The fourth-order valence-corrected chi connectivity index (χ4v) is 2.89. The summed E-state index contributed by atoms with van der Waals surface area (Å²) in [6.07, 6.45) is 4.62. The molecule has 0 unspecified atom stereocenters. The van der Waals surface area contributed by atoms with Gasteiger partial charge in [-0.05, 0) is 18.2 Å². The van der Waals surface area contributed by atoms with Gasteiger partial charge in [0.05, 0.1) is 17.2 Å². The van der Waals surface area contributed by atoms with E-state index >= 15 is 0 Å². The third kappa shape index (κ3) is 2.63. The summed E-state index contributed by atoms with van der Waals surface area (Å²) < 4.78 is 0. The van der Waals surface area contributed by atoms with Crippen LogP contribution in [0.5, 0.6) is 0 Å². The quantitative estimate of drug-likeness (QED) is 0.399. The summed E-state index contributed by atoms with van der Waals surface area (Å²) in [6.45, 7) is 1.17. The summed E-state index contributed by atoms with van der Waals surface area (Å²) in [5.74, 6) is 1.07. The minimum atomic E-state index is -0.433. The normalized spacial score (nSPS) is 16.7. The molecule has 2 aliphatic rings. The molecular weight excluding hydrogens is 322 g/mol. The van der Waals surface area contributed by atoms with Crippen LogP contribution in [0, 0.1) is 10.1 Å². The lowest BCUT2D eigenvalue weighted by Crippen LogP contribution is -2.36. The first-order valence-corrected chi connectivity index (χ1v) is 7.67. The maximum Gasteiger partial charge on any atom is 0.270 e. The second kappa shape index (κ2) is 5.82. The zero-order chi connectivity index (χ0) is 17.4. The van der Waals surface area contributed by atoms with Gasteiger partial charge in [-0.25, -0.2) is 0 Å². The highest BCUT2D eigenvalue weighted by atomic mass is 16.6. The molecule has 2 aromatic rings. The zero-order valence-electron chi connectivity index (χ0n) is 13.0. The molecule has 0 saturated heterocycles. The van der Waals surface area contributed by atoms with Crippen LogP contribution in [0.2, 0.25) is 0 Å². The number of fused-ring (bicyclic) bond motifs is 3. The average molecular weight is 335 g/mol. The number of non-ortho nitro benzene ring substituents is 1. The van der Waals surface area contributed by atoms with Crippen molar-refractivity contribution in [2.24, 2.45) is 4.99 Å². The van der Waals surface area contributed by atoms with Crippen molar-refractivity contribution < 1.29 is 9.72 Å². The monoisotopic (exact) mass is 335 g/mol. The molecule has 124 valence electrons. The van der Waals surface area contributed by atoms with E-state index in [2.05, 4.69) is 15.3 Å². The van der Waals surface area contributed by atoms with Crippen LogP contribution in [0.1, 0.15) is 15.9 Å². The van der Waals surface area contributed by atoms with Crippen molar-refractivity contribution in [1.82, 2.24) is 9.88 Å². The van der Waals surface area contributed by atoms with Gasteiger partial charge in [0, 0.05) is 48.3 Å². The number of rotatable bonds is 3. The van der Waals surface area contributed by atoms with Crippen LogP contribution in [-0.2, 0) is 0 Å². The number of pyridine rings is 1. The van der Waals surface area contributed by atoms with Gasteiger partial charge in [0.25, 0.3) is 5.69 Å². The smallest absolute Gasteiger partial charge is 0.270 e. The topological polar surface area (TPSA) is 101 Å². The molecule has 0 aliphatic carbocycles. The number of amidine groups is 1. The molecule has 0 saturated carbocycles. The lowest BCUT2D eigenvalue weighted by Gasteiger charge is -2.31. The minimum Gasteiger partial charge on any atom is -0.341 e. The first kappa shape index (κ1) is 15.0. The second-order valence-corrected chi connectivity index (χ2v) is 5.60. The van der Waals surface area contributed by atoms with Crippen molar-refractivity contribution in [3.8, 4) is 0 Å². The molecule has 0 amide bonds. The van der Waals surface area contributed by atoms with E-state index in [1.165, 1.54) is 24.4 Å². The third-order valence-corrected chi connectivity index (χ3v) is 4.06. The number of carbonyl (C=O) groups is 1. The van der Waals surface area contributed by atoms with Crippen LogP contribution in [0.3, 0.4) is 0 Å². The Morgan fingerprint density at radius 2 is 2.24 bits per heavy atom. The molecule has 8 nitrogen and oxygen atoms in total. The fraction of sp³-hybridized carbons (Fsp3) is 0.118. The number of ketones is 1. The number of aromatic nitrogens is 1. The lowest BCUT2D eigenvalue weighted by molar-refractivity contribution is -0.384. The molecule has 1 aromatic heterocycles. The van der Waals surface area contributed by atoms with Gasteiger partial charge in [-0.3, -0.25) is 24.9 Å². The summed E-state index contributed by atoms with van der Waals surface area (Å²) in [5.41, 5.74) is 1.85. The standard InChI is InChI=1S/C17H13N5O3/c23-15(11-2-1-5-18-10-11)9-16-20-14-4-3-12(22(24)25)8-13(14)17-19-6-7-21(16)17/h1-5,8-10,20H,6-7H2.